The smallest absolute Gasteiger partial charge is 0.280 e. The predicted molar refractivity (Wildman–Crippen MR) is 111 cm³/mol. The molecule has 9 nitrogen and oxygen atoms in total. The third kappa shape index (κ3) is 3.93. The van der Waals surface area contributed by atoms with Gasteiger partial charge < -0.3 is 5.32 Å². The molecular weight excluding hydrogens is 412 g/mol. The number of rotatable bonds is 4. The SMILES string of the molecule is CCc1c(C)sc(NC(=O)C2CC(c3cn(C)nc3C)NS(=O)(=O)N2C)c1C#N. The van der Waals surface area contributed by atoms with Crippen LogP contribution in [0.1, 0.15) is 46.6 Å². The molecule has 0 saturated carbocycles. The molecular formula is C18H24N6O3S2. The summed E-state index contributed by atoms with van der Waals surface area (Å²) < 4.78 is 30.6. The number of nitriles is 1. The van der Waals surface area contributed by atoms with Crippen LogP contribution in [0.2, 0.25) is 0 Å². The van der Waals surface area contributed by atoms with Crippen molar-refractivity contribution >= 4 is 32.5 Å². The number of carbonyl (C=O) groups excluding carboxylic acids is 1. The van der Waals surface area contributed by atoms with Gasteiger partial charge in [0.15, 0.2) is 0 Å². The fourth-order valence-electron chi connectivity index (χ4n) is 3.68. The van der Waals surface area contributed by atoms with Crippen molar-refractivity contribution in [3.8, 4) is 6.07 Å². The van der Waals surface area contributed by atoms with Crippen LogP contribution in [0, 0.1) is 25.2 Å². The molecule has 2 atom stereocenters. The highest BCUT2D eigenvalue weighted by Gasteiger charge is 2.41. The minimum Gasteiger partial charge on any atom is -0.315 e. The first-order valence-corrected chi connectivity index (χ1v) is 11.4. The molecule has 3 rings (SSSR count). The molecule has 11 heteroatoms. The molecule has 0 aliphatic carbocycles. The molecule has 29 heavy (non-hydrogen) atoms. The number of hydrogen-bond acceptors (Lipinski definition) is 6. The number of hydrogen-bond donors (Lipinski definition) is 2. The average molecular weight is 437 g/mol. The number of aromatic nitrogens is 2. The zero-order valence-corrected chi connectivity index (χ0v) is 18.6. The lowest BCUT2D eigenvalue weighted by atomic mass is 10.00. The van der Waals surface area contributed by atoms with Crippen molar-refractivity contribution in [1.82, 2.24) is 18.8 Å². The van der Waals surface area contributed by atoms with Gasteiger partial charge in [0.25, 0.3) is 10.2 Å². The van der Waals surface area contributed by atoms with Gasteiger partial charge in [-0.1, -0.05) is 6.92 Å². The van der Waals surface area contributed by atoms with Crippen molar-refractivity contribution < 1.29 is 13.2 Å². The number of aryl methyl sites for hydroxylation is 3. The third-order valence-corrected chi connectivity index (χ3v) is 7.87. The summed E-state index contributed by atoms with van der Waals surface area (Å²) in [4.78, 5) is 14.0. The van der Waals surface area contributed by atoms with E-state index in [1.807, 2.05) is 13.8 Å². The maximum atomic E-state index is 13.0. The number of anilines is 1. The molecule has 0 radical (unpaired) electrons. The zero-order chi connectivity index (χ0) is 21.5. The molecule has 3 heterocycles. The van der Waals surface area contributed by atoms with Crippen LogP contribution in [0.3, 0.4) is 0 Å². The topological polar surface area (TPSA) is 120 Å². The van der Waals surface area contributed by atoms with Gasteiger partial charge in [0.05, 0.1) is 17.3 Å². The van der Waals surface area contributed by atoms with Crippen molar-refractivity contribution in [2.75, 3.05) is 12.4 Å². The number of carbonyl (C=O) groups is 1. The number of nitrogens with zero attached hydrogens (tertiary/aromatic N) is 4. The van der Waals surface area contributed by atoms with Crippen LogP contribution in [0.4, 0.5) is 5.00 Å². The van der Waals surface area contributed by atoms with Crippen LogP contribution in [-0.4, -0.2) is 41.5 Å². The molecule has 2 aromatic heterocycles. The first-order valence-electron chi connectivity index (χ1n) is 9.17. The molecule has 1 fully saturated rings. The molecule has 2 unspecified atom stereocenters. The van der Waals surface area contributed by atoms with Crippen LogP contribution in [0.15, 0.2) is 6.20 Å². The van der Waals surface area contributed by atoms with Crippen molar-refractivity contribution in [2.24, 2.45) is 7.05 Å². The first-order chi connectivity index (χ1) is 13.6. The fourth-order valence-corrected chi connectivity index (χ4v) is 6.04. The second kappa shape index (κ2) is 7.87. The summed E-state index contributed by atoms with van der Waals surface area (Å²) in [5.74, 6) is -0.454. The van der Waals surface area contributed by atoms with E-state index in [4.69, 9.17) is 0 Å². The number of amides is 1. The second-order valence-corrected chi connectivity index (χ2v) is 10.1. The molecule has 1 amide bonds. The maximum absolute atomic E-state index is 13.0. The Balaban J connectivity index is 1.91. The quantitative estimate of drug-likeness (QED) is 0.757. The van der Waals surface area contributed by atoms with Gasteiger partial charge in [-0.25, -0.2) is 0 Å². The van der Waals surface area contributed by atoms with Gasteiger partial charge in [0.1, 0.15) is 17.1 Å². The molecule has 1 saturated heterocycles. The molecule has 2 aromatic rings. The highest BCUT2D eigenvalue weighted by Crippen LogP contribution is 2.34. The first kappa shape index (κ1) is 21.4. The van der Waals surface area contributed by atoms with Gasteiger partial charge in [-0.05, 0) is 32.3 Å². The number of nitrogens with one attached hydrogen (secondary N) is 2. The van der Waals surface area contributed by atoms with Crippen molar-refractivity contribution in [3.63, 3.8) is 0 Å². The van der Waals surface area contributed by atoms with Gasteiger partial charge in [-0.15, -0.1) is 11.3 Å². The van der Waals surface area contributed by atoms with Gasteiger partial charge in [-0.2, -0.15) is 27.8 Å². The summed E-state index contributed by atoms with van der Waals surface area (Å²) in [5, 5.41) is 17.0. The van der Waals surface area contributed by atoms with E-state index in [1.165, 1.54) is 18.4 Å². The Morgan fingerprint density at radius 1 is 1.45 bits per heavy atom. The van der Waals surface area contributed by atoms with Gasteiger partial charge in [0.2, 0.25) is 5.91 Å². The van der Waals surface area contributed by atoms with Gasteiger partial charge in [0, 0.05) is 30.7 Å². The molecule has 0 bridgehead atoms. The van der Waals surface area contributed by atoms with E-state index >= 15 is 0 Å². The highest BCUT2D eigenvalue weighted by molar-refractivity contribution is 7.87. The summed E-state index contributed by atoms with van der Waals surface area (Å²) in [5.41, 5.74) is 2.79. The summed E-state index contributed by atoms with van der Waals surface area (Å²) in [6.07, 6.45) is 2.69. The number of likely N-dealkylation sites (N-methyl/N-ethyl adjacent to an activating group) is 1. The van der Waals surface area contributed by atoms with E-state index in [0.717, 1.165) is 20.3 Å². The summed E-state index contributed by atoms with van der Waals surface area (Å²) in [6, 6.07) is 0.682. The van der Waals surface area contributed by atoms with Crippen molar-refractivity contribution in [2.45, 2.75) is 45.7 Å². The number of thiophene rings is 1. The summed E-state index contributed by atoms with van der Waals surface area (Å²) in [6.45, 7) is 5.66. The highest BCUT2D eigenvalue weighted by atomic mass is 32.2. The minimum absolute atomic E-state index is 0.251. The second-order valence-electron chi connectivity index (χ2n) is 7.08. The van der Waals surface area contributed by atoms with E-state index in [-0.39, 0.29) is 6.42 Å². The van der Waals surface area contributed by atoms with Gasteiger partial charge >= 0.3 is 0 Å². The monoisotopic (exact) mass is 436 g/mol. The van der Waals surface area contributed by atoms with E-state index in [9.17, 15) is 18.5 Å². The Kier molecular flexibility index (Phi) is 5.82. The lowest BCUT2D eigenvalue weighted by molar-refractivity contribution is -0.120. The van der Waals surface area contributed by atoms with E-state index < -0.39 is 28.2 Å². The fraction of sp³-hybridized carbons (Fsp3) is 0.500. The lowest BCUT2D eigenvalue weighted by Crippen LogP contribution is -2.56. The molecule has 1 aliphatic rings. The van der Waals surface area contributed by atoms with Gasteiger partial charge in [-0.3, -0.25) is 9.48 Å². The maximum Gasteiger partial charge on any atom is 0.280 e. The van der Waals surface area contributed by atoms with Crippen LogP contribution >= 0.6 is 11.3 Å². The normalized spacial score (nSPS) is 21.7. The van der Waals surface area contributed by atoms with Crippen molar-refractivity contribution in [1.29, 1.82) is 5.26 Å². The van der Waals surface area contributed by atoms with E-state index in [0.29, 0.717) is 22.7 Å². The largest absolute Gasteiger partial charge is 0.315 e. The summed E-state index contributed by atoms with van der Waals surface area (Å²) in [7, 11) is -0.714. The Morgan fingerprint density at radius 2 is 2.14 bits per heavy atom. The zero-order valence-electron chi connectivity index (χ0n) is 17.0. The van der Waals surface area contributed by atoms with E-state index in [1.54, 1.807) is 24.9 Å². The van der Waals surface area contributed by atoms with E-state index in [2.05, 4.69) is 21.2 Å². The standard InChI is InChI=1S/C18H24N6O3S2/c1-6-12-11(3)28-18(13(12)8-19)20-17(25)16-7-15(22-29(26,27)24(16)5)14-9-23(4)21-10(14)2/h9,15-16,22H,6-7H2,1-5H3,(H,20,25). The van der Waals surface area contributed by atoms with Crippen molar-refractivity contribution in [3.05, 3.63) is 33.5 Å². The third-order valence-electron chi connectivity index (χ3n) is 5.21. The molecule has 156 valence electrons. The Morgan fingerprint density at radius 3 is 2.69 bits per heavy atom. The molecule has 0 aromatic carbocycles. The van der Waals surface area contributed by atoms with Crippen LogP contribution in [0.25, 0.3) is 0 Å². The Labute approximate surface area is 174 Å². The molecule has 1 aliphatic heterocycles. The predicted octanol–water partition coefficient (Wildman–Crippen LogP) is 1.75. The van der Waals surface area contributed by atoms with Crippen LogP contribution in [-0.2, 0) is 28.5 Å². The van der Waals surface area contributed by atoms with Crippen LogP contribution in [0.5, 0.6) is 0 Å². The Bertz CT molecular complexity index is 1100. The van der Waals surface area contributed by atoms with Crippen LogP contribution < -0.4 is 10.0 Å². The molecule has 2 N–H and O–H groups in total. The average Bonchev–Trinajstić information content (AvgIpc) is 3.14. The minimum atomic E-state index is -3.85. The lowest BCUT2D eigenvalue weighted by Gasteiger charge is -2.35. The summed E-state index contributed by atoms with van der Waals surface area (Å²) >= 11 is 1.34. The Hall–Kier alpha value is -2.26. The molecule has 0 spiro atoms.